The van der Waals surface area contributed by atoms with E-state index in [1.807, 2.05) is 11.4 Å². The number of thiazole rings is 1. The molecule has 82 valence electrons. The lowest BCUT2D eigenvalue weighted by Gasteiger charge is -2.01. The molecule has 16 heavy (non-hydrogen) atoms. The van der Waals surface area contributed by atoms with Gasteiger partial charge in [0.2, 0.25) is 0 Å². The number of hydrogen-bond acceptors (Lipinski definition) is 5. The Morgan fingerprint density at radius 3 is 3.06 bits per heavy atom. The van der Waals surface area contributed by atoms with Crippen LogP contribution in [0.3, 0.4) is 0 Å². The van der Waals surface area contributed by atoms with E-state index in [4.69, 9.17) is 4.74 Å². The van der Waals surface area contributed by atoms with Crippen molar-refractivity contribution in [3.63, 3.8) is 0 Å². The third kappa shape index (κ3) is 2.25. The molecule has 2 rings (SSSR count). The number of aromatic nitrogens is 2. The molecule has 5 heteroatoms. The molecule has 0 aliphatic heterocycles. The van der Waals surface area contributed by atoms with Crippen LogP contribution in [-0.2, 0) is 4.74 Å². The molecule has 0 bridgehead atoms. The summed E-state index contributed by atoms with van der Waals surface area (Å²) in [6.07, 6.45) is 1.71. The predicted molar refractivity (Wildman–Crippen MR) is 61.3 cm³/mol. The second-order valence-electron chi connectivity index (χ2n) is 2.97. The average Bonchev–Trinajstić information content (AvgIpc) is 2.83. The summed E-state index contributed by atoms with van der Waals surface area (Å²) in [4.78, 5) is 19.8. The van der Waals surface area contributed by atoms with Gasteiger partial charge >= 0.3 is 5.97 Å². The zero-order valence-corrected chi connectivity index (χ0v) is 9.53. The second-order valence-corrected chi connectivity index (χ2v) is 3.86. The lowest BCUT2D eigenvalue weighted by atomic mass is 10.3. The lowest BCUT2D eigenvalue weighted by molar-refractivity contribution is 0.0519. The van der Waals surface area contributed by atoms with Gasteiger partial charge in [0, 0.05) is 11.6 Å². The van der Waals surface area contributed by atoms with Crippen LogP contribution in [0.25, 0.3) is 10.7 Å². The molecule has 0 saturated carbocycles. The molecule has 0 amide bonds. The predicted octanol–water partition coefficient (Wildman–Crippen LogP) is 2.38. The highest BCUT2D eigenvalue weighted by Crippen LogP contribution is 2.19. The molecule has 0 saturated heterocycles. The highest BCUT2D eigenvalue weighted by molar-refractivity contribution is 7.13. The SMILES string of the molecule is CCOC(=O)c1cccc(-c2nccs2)n1. The van der Waals surface area contributed by atoms with Gasteiger partial charge in [0.1, 0.15) is 10.7 Å². The van der Waals surface area contributed by atoms with Crippen LogP contribution in [0, 0.1) is 0 Å². The molecule has 4 nitrogen and oxygen atoms in total. The van der Waals surface area contributed by atoms with Crippen molar-refractivity contribution in [3.05, 3.63) is 35.5 Å². The van der Waals surface area contributed by atoms with Crippen LogP contribution < -0.4 is 0 Å². The van der Waals surface area contributed by atoms with E-state index in [2.05, 4.69) is 9.97 Å². The first kappa shape index (κ1) is 10.8. The zero-order valence-electron chi connectivity index (χ0n) is 8.71. The van der Waals surface area contributed by atoms with E-state index in [1.165, 1.54) is 11.3 Å². The number of pyridine rings is 1. The molecular weight excluding hydrogens is 224 g/mol. The first-order valence-electron chi connectivity index (χ1n) is 4.85. The van der Waals surface area contributed by atoms with Crippen LogP contribution in [0.2, 0.25) is 0 Å². The Bertz CT molecular complexity index is 482. The van der Waals surface area contributed by atoms with Crippen molar-refractivity contribution in [2.75, 3.05) is 6.61 Å². The largest absolute Gasteiger partial charge is 0.461 e. The van der Waals surface area contributed by atoms with E-state index >= 15 is 0 Å². The Hall–Kier alpha value is -1.75. The summed E-state index contributed by atoms with van der Waals surface area (Å²) in [6, 6.07) is 5.23. The number of ether oxygens (including phenoxy) is 1. The molecule has 0 aliphatic carbocycles. The Kier molecular flexibility index (Phi) is 3.26. The first-order chi connectivity index (χ1) is 7.81. The highest BCUT2D eigenvalue weighted by atomic mass is 32.1. The Labute approximate surface area is 96.9 Å². The quantitative estimate of drug-likeness (QED) is 0.765. The maximum Gasteiger partial charge on any atom is 0.356 e. The monoisotopic (exact) mass is 234 g/mol. The number of hydrogen-bond donors (Lipinski definition) is 0. The van der Waals surface area contributed by atoms with Gasteiger partial charge in [-0.05, 0) is 19.1 Å². The highest BCUT2D eigenvalue weighted by Gasteiger charge is 2.10. The van der Waals surface area contributed by atoms with Crippen molar-refractivity contribution in [1.82, 2.24) is 9.97 Å². The van der Waals surface area contributed by atoms with Crippen molar-refractivity contribution in [2.24, 2.45) is 0 Å². The standard InChI is InChI=1S/C11H10N2O2S/c1-2-15-11(14)9-5-3-4-8(13-9)10-12-6-7-16-10/h3-7H,2H2,1H3. The van der Waals surface area contributed by atoms with Gasteiger partial charge in [-0.3, -0.25) is 0 Å². The molecular formula is C11H10N2O2S. The van der Waals surface area contributed by atoms with E-state index in [1.54, 1.807) is 25.3 Å². The summed E-state index contributed by atoms with van der Waals surface area (Å²) in [7, 11) is 0. The van der Waals surface area contributed by atoms with Crippen LogP contribution in [0.15, 0.2) is 29.8 Å². The van der Waals surface area contributed by atoms with Crippen molar-refractivity contribution >= 4 is 17.3 Å². The Balaban J connectivity index is 2.30. The molecule has 0 unspecified atom stereocenters. The minimum absolute atomic E-state index is 0.314. The van der Waals surface area contributed by atoms with E-state index in [0.29, 0.717) is 18.0 Å². The van der Waals surface area contributed by atoms with Crippen LogP contribution in [0.5, 0.6) is 0 Å². The van der Waals surface area contributed by atoms with Crippen molar-refractivity contribution in [2.45, 2.75) is 6.92 Å². The van der Waals surface area contributed by atoms with Gasteiger partial charge in [0.05, 0.1) is 12.3 Å². The fraction of sp³-hybridized carbons (Fsp3) is 0.182. The van der Waals surface area contributed by atoms with Gasteiger partial charge in [0.15, 0.2) is 0 Å². The molecule has 0 spiro atoms. The molecule has 0 aromatic carbocycles. The number of esters is 1. The van der Waals surface area contributed by atoms with Gasteiger partial charge < -0.3 is 4.74 Å². The van der Waals surface area contributed by atoms with Crippen LogP contribution in [-0.4, -0.2) is 22.5 Å². The lowest BCUT2D eigenvalue weighted by Crippen LogP contribution is -2.07. The minimum Gasteiger partial charge on any atom is -0.461 e. The average molecular weight is 234 g/mol. The van der Waals surface area contributed by atoms with E-state index in [0.717, 1.165) is 5.01 Å². The molecule has 0 fully saturated rings. The fourth-order valence-corrected chi connectivity index (χ4v) is 1.83. The molecule has 0 radical (unpaired) electrons. The first-order valence-corrected chi connectivity index (χ1v) is 5.73. The van der Waals surface area contributed by atoms with Gasteiger partial charge in [-0.2, -0.15) is 0 Å². The summed E-state index contributed by atoms with van der Waals surface area (Å²) in [5.41, 5.74) is 1.01. The summed E-state index contributed by atoms with van der Waals surface area (Å²) < 4.78 is 4.88. The molecule has 2 aromatic heterocycles. The molecule has 2 aromatic rings. The molecule has 2 heterocycles. The van der Waals surface area contributed by atoms with Gasteiger partial charge in [-0.1, -0.05) is 6.07 Å². The number of nitrogens with zero attached hydrogens (tertiary/aromatic N) is 2. The molecule has 0 N–H and O–H groups in total. The topological polar surface area (TPSA) is 52.1 Å². The maximum absolute atomic E-state index is 11.5. The Morgan fingerprint density at radius 1 is 1.50 bits per heavy atom. The van der Waals surface area contributed by atoms with E-state index in [-0.39, 0.29) is 0 Å². The van der Waals surface area contributed by atoms with Crippen molar-refractivity contribution in [3.8, 4) is 10.7 Å². The summed E-state index contributed by atoms with van der Waals surface area (Å²) in [5, 5.41) is 2.67. The van der Waals surface area contributed by atoms with Gasteiger partial charge in [0.25, 0.3) is 0 Å². The number of carbonyl (C=O) groups excluding carboxylic acids is 1. The second kappa shape index (κ2) is 4.85. The molecule has 0 aliphatic rings. The zero-order chi connectivity index (χ0) is 11.4. The van der Waals surface area contributed by atoms with E-state index < -0.39 is 5.97 Å². The van der Waals surface area contributed by atoms with Crippen LogP contribution in [0.1, 0.15) is 17.4 Å². The van der Waals surface area contributed by atoms with Crippen LogP contribution in [0.4, 0.5) is 0 Å². The van der Waals surface area contributed by atoms with Crippen molar-refractivity contribution in [1.29, 1.82) is 0 Å². The number of rotatable bonds is 3. The normalized spacial score (nSPS) is 10.1. The Morgan fingerprint density at radius 2 is 2.38 bits per heavy atom. The third-order valence-electron chi connectivity index (χ3n) is 1.89. The van der Waals surface area contributed by atoms with E-state index in [9.17, 15) is 4.79 Å². The summed E-state index contributed by atoms with van der Waals surface area (Å²) >= 11 is 1.48. The number of carbonyl (C=O) groups is 1. The molecule has 0 atom stereocenters. The minimum atomic E-state index is -0.402. The fourth-order valence-electron chi connectivity index (χ4n) is 1.22. The maximum atomic E-state index is 11.5. The third-order valence-corrected chi connectivity index (χ3v) is 2.68. The van der Waals surface area contributed by atoms with Gasteiger partial charge in [-0.25, -0.2) is 14.8 Å². The smallest absolute Gasteiger partial charge is 0.356 e. The summed E-state index contributed by atoms with van der Waals surface area (Å²) in [6.45, 7) is 2.12. The van der Waals surface area contributed by atoms with Crippen LogP contribution >= 0.6 is 11.3 Å². The summed E-state index contributed by atoms with van der Waals surface area (Å²) in [5.74, 6) is -0.402. The van der Waals surface area contributed by atoms with Gasteiger partial charge in [-0.15, -0.1) is 11.3 Å². The van der Waals surface area contributed by atoms with Crippen molar-refractivity contribution < 1.29 is 9.53 Å².